The average Bonchev–Trinajstić information content (AvgIpc) is 2.55. The topological polar surface area (TPSA) is 54.5 Å². The van der Waals surface area contributed by atoms with E-state index in [2.05, 4.69) is 6.58 Å². The van der Waals surface area contributed by atoms with E-state index in [0.29, 0.717) is 0 Å². The normalized spacial score (nSPS) is 11.0. The number of hydrogen-bond donors (Lipinski definition) is 0. The summed E-state index contributed by atoms with van der Waals surface area (Å²) in [6.45, 7) is 3.35. The van der Waals surface area contributed by atoms with E-state index >= 15 is 0 Å². The van der Waals surface area contributed by atoms with Crippen molar-refractivity contribution in [3.63, 3.8) is 0 Å². The first-order chi connectivity index (χ1) is 10.9. The Balaban J connectivity index is 2.47. The van der Waals surface area contributed by atoms with E-state index < -0.39 is 15.9 Å². The third-order valence-corrected chi connectivity index (χ3v) is 5.52. The highest BCUT2D eigenvalue weighted by molar-refractivity contribution is 7.89. The molecule has 0 aliphatic heterocycles. The number of benzene rings is 2. The van der Waals surface area contributed by atoms with Crippen LogP contribution in [0.4, 0.5) is 0 Å². The van der Waals surface area contributed by atoms with E-state index in [1.165, 1.54) is 36.4 Å². The smallest absolute Gasteiger partial charge is 0.267 e. The van der Waals surface area contributed by atoms with E-state index in [9.17, 15) is 13.2 Å². The molecule has 120 valence electrons. The highest BCUT2D eigenvalue weighted by atomic mass is 35.5. The number of carbonyl (C=O) groups is 1. The van der Waals surface area contributed by atoms with Crippen LogP contribution in [0.5, 0.6) is 0 Å². The van der Waals surface area contributed by atoms with Crippen molar-refractivity contribution in [2.75, 3.05) is 6.54 Å². The second-order valence-corrected chi connectivity index (χ2v) is 7.25. The number of halogens is 2. The van der Waals surface area contributed by atoms with Crippen LogP contribution in [-0.2, 0) is 10.0 Å². The first-order valence-electron chi connectivity index (χ1n) is 6.56. The molecule has 0 atom stereocenters. The molecule has 7 heteroatoms. The van der Waals surface area contributed by atoms with Gasteiger partial charge in [0.1, 0.15) is 0 Å². The van der Waals surface area contributed by atoms with Crippen molar-refractivity contribution in [2.45, 2.75) is 4.90 Å². The molecule has 0 saturated carbocycles. The molecule has 0 heterocycles. The zero-order valence-electron chi connectivity index (χ0n) is 11.9. The Bertz CT molecular complexity index is 836. The highest BCUT2D eigenvalue weighted by Crippen LogP contribution is 2.25. The molecule has 2 aromatic rings. The Hall–Kier alpha value is -1.82. The van der Waals surface area contributed by atoms with Crippen molar-refractivity contribution in [3.8, 4) is 0 Å². The molecule has 0 spiro atoms. The molecular weight excluding hydrogens is 357 g/mol. The Labute approximate surface area is 145 Å². The summed E-state index contributed by atoms with van der Waals surface area (Å²) in [4.78, 5) is 12.6. The largest absolute Gasteiger partial charge is 0.268 e. The second-order valence-electron chi connectivity index (χ2n) is 4.57. The minimum absolute atomic E-state index is 0.0234. The zero-order valence-corrected chi connectivity index (χ0v) is 14.3. The van der Waals surface area contributed by atoms with Crippen molar-refractivity contribution in [1.82, 2.24) is 4.31 Å². The molecule has 0 bridgehead atoms. The van der Waals surface area contributed by atoms with E-state index in [1.807, 2.05) is 0 Å². The van der Waals surface area contributed by atoms with Gasteiger partial charge in [0.2, 0.25) is 0 Å². The van der Waals surface area contributed by atoms with Gasteiger partial charge in [0.05, 0.1) is 21.5 Å². The van der Waals surface area contributed by atoms with Crippen LogP contribution < -0.4 is 0 Å². The third kappa shape index (κ3) is 3.75. The van der Waals surface area contributed by atoms with Gasteiger partial charge in [-0.2, -0.15) is 0 Å². The van der Waals surface area contributed by atoms with Crippen molar-refractivity contribution >= 4 is 39.1 Å². The number of rotatable bonds is 5. The molecule has 0 radical (unpaired) electrons. The van der Waals surface area contributed by atoms with Crippen molar-refractivity contribution < 1.29 is 13.2 Å². The van der Waals surface area contributed by atoms with Crippen LogP contribution in [-0.4, -0.2) is 25.2 Å². The van der Waals surface area contributed by atoms with Crippen LogP contribution >= 0.6 is 23.2 Å². The lowest BCUT2D eigenvalue weighted by Crippen LogP contribution is -2.37. The average molecular weight is 370 g/mol. The second kappa shape index (κ2) is 7.17. The maximum atomic E-state index is 12.7. The van der Waals surface area contributed by atoms with Crippen molar-refractivity contribution in [3.05, 3.63) is 76.8 Å². The van der Waals surface area contributed by atoms with Crippen LogP contribution in [0, 0.1) is 0 Å². The molecule has 1 amide bonds. The fourth-order valence-corrected chi connectivity index (χ4v) is 3.58. The van der Waals surface area contributed by atoms with Gasteiger partial charge in [-0.05, 0) is 30.3 Å². The standard InChI is InChI=1S/C16H13Cl2NO3S/c1-2-10-19(23(21,22)13-6-4-3-5-7-13)16(20)12-8-9-14(17)15(18)11-12/h2-9,11H,1,10H2. The summed E-state index contributed by atoms with van der Waals surface area (Å²) in [7, 11) is -4.00. The van der Waals surface area contributed by atoms with Crippen molar-refractivity contribution in [2.24, 2.45) is 0 Å². The summed E-state index contributed by atoms with van der Waals surface area (Å²) >= 11 is 11.7. The molecule has 0 unspecified atom stereocenters. The van der Waals surface area contributed by atoms with Gasteiger partial charge in [-0.3, -0.25) is 4.79 Å². The van der Waals surface area contributed by atoms with Gasteiger partial charge in [0, 0.05) is 5.56 Å². The molecule has 0 N–H and O–H groups in total. The van der Waals surface area contributed by atoms with Gasteiger partial charge in [-0.1, -0.05) is 47.5 Å². The summed E-state index contributed by atoms with van der Waals surface area (Å²) in [6.07, 6.45) is 1.34. The molecule has 0 aliphatic rings. The minimum atomic E-state index is -4.00. The maximum Gasteiger partial charge on any atom is 0.267 e. The number of sulfonamides is 1. The lowest BCUT2D eigenvalue weighted by atomic mass is 10.2. The molecule has 23 heavy (non-hydrogen) atoms. The molecule has 2 rings (SSSR count). The quantitative estimate of drug-likeness (QED) is 0.748. The van der Waals surface area contributed by atoms with Gasteiger partial charge in [-0.25, -0.2) is 12.7 Å². The minimum Gasteiger partial charge on any atom is -0.268 e. The first kappa shape index (κ1) is 17.5. The fraction of sp³-hybridized carbons (Fsp3) is 0.0625. The Morgan fingerprint density at radius 1 is 1.09 bits per heavy atom. The monoisotopic (exact) mass is 369 g/mol. The van der Waals surface area contributed by atoms with Crippen LogP contribution in [0.25, 0.3) is 0 Å². The number of amides is 1. The van der Waals surface area contributed by atoms with Crippen molar-refractivity contribution in [1.29, 1.82) is 0 Å². The highest BCUT2D eigenvalue weighted by Gasteiger charge is 2.29. The van der Waals surface area contributed by atoms with Gasteiger partial charge in [0.15, 0.2) is 0 Å². The van der Waals surface area contributed by atoms with E-state index in [0.717, 1.165) is 4.31 Å². The molecule has 0 saturated heterocycles. The maximum absolute atomic E-state index is 12.7. The fourth-order valence-electron chi connectivity index (χ4n) is 1.90. The van der Waals surface area contributed by atoms with Crippen LogP contribution in [0.1, 0.15) is 10.4 Å². The third-order valence-electron chi connectivity index (χ3n) is 3.02. The first-order valence-corrected chi connectivity index (χ1v) is 8.75. The predicted octanol–water partition coefficient (Wildman–Crippen LogP) is 4.01. The summed E-state index contributed by atoms with van der Waals surface area (Å²) in [6, 6.07) is 11.9. The van der Waals surface area contributed by atoms with Gasteiger partial charge < -0.3 is 0 Å². The van der Waals surface area contributed by atoms with Crippen LogP contribution in [0.3, 0.4) is 0 Å². The molecule has 0 aromatic heterocycles. The van der Waals surface area contributed by atoms with Gasteiger partial charge in [-0.15, -0.1) is 6.58 Å². The molecule has 0 aliphatic carbocycles. The number of nitrogens with zero attached hydrogens (tertiary/aromatic N) is 1. The Morgan fingerprint density at radius 2 is 1.74 bits per heavy atom. The van der Waals surface area contributed by atoms with E-state index in [-0.39, 0.29) is 27.0 Å². The molecule has 4 nitrogen and oxygen atoms in total. The molecule has 2 aromatic carbocycles. The SMILES string of the molecule is C=CCN(C(=O)c1ccc(Cl)c(Cl)c1)S(=O)(=O)c1ccccc1. The Kier molecular flexibility index (Phi) is 5.46. The summed E-state index contributed by atoms with van der Waals surface area (Å²) in [5, 5.41) is 0.456. The molecular formula is C16H13Cl2NO3S. The van der Waals surface area contributed by atoms with Gasteiger partial charge >= 0.3 is 0 Å². The summed E-state index contributed by atoms with van der Waals surface area (Å²) < 4.78 is 26.1. The van der Waals surface area contributed by atoms with E-state index in [1.54, 1.807) is 18.2 Å². The summed E-state index contributed by atoms with van der Waals surface area (Å²) in [5.41, 5.74) is 0.126. The predicted molar refractivity (Wildman–Crippen MR) is 91.3 cm³/mol. The number of carbonyl (C=O) groups excluding carboxylic acids is 1. The number of hydrogen-bond acceptors (Lipinski definition) is 3. The van der Waals surface area contributed by atoms with Crippen LogP contribution in [0.15, 0.2) is 66.1 Å². The lowest BCUT2D eigenvalue weighted by molar-refractivity contribution is 0.0871. The molecule has 0 fully saturated rings. The Morgan fingerprint density at radius 3 is 2.30 bits per heavy atom. The lowest BCUT2D eigenvalue weighted by Gasteiger charge is -2.21. The van der Waals surface area contributed by atoms with Gasteiger partial charge in [0.25, 0.3) is 15.9 Å². The zero-order chi connectivity index (χ0) is 17.0. The van der Waals surface area contributed by atoms with E-state index in [4.69, 9.17) is 23.2 Å². The van der Waals surface area contributed by atoms with Crippen LogP contribution in [0.2, 0.25) is 10.0 Å². The summed E-state index contributed by atoms with van der Waals surface area (Å²) in [5.74, 6) is -0.702.